The standard InChI is InChI=1S/C38H34N6O/c1-4-16-30-35-37(44(3)43-30)36(42-38(41-35)27-21-12-15-24-31(27)45-5-2)32-33(25-17-8-6-9-18-25)39-28-22-13-14-23-29(28)40-34(32)26-19-10-7-11-20-26/h6-15,17-24,32H,4-5,16H2,1-3H3. The van der Waals surface area contributed by atoms with Gasteiger partial charge in [-0.1, -0.05) is 98.3 Å². The molecule has 7 heteroatoms. The molecule has 6 aromatic rings. The first-order valence-corrected chi connectivity index (χ1v) is 15.5. The summed E-state index contributed by atoms with van der Waals surface area (Å²) in [4.78, 5) is 21.3. The largest absolute Gasteiger partial charge is 0.493 e. The fourth-order valence-corrected chi connectivity index (χ4v) is 6.04. The lowest BCUT2D eigenvalue weighted by molar-refractivity contribution is 0.341. The summed E-state index contributed by atoms with van der Waals surface area (Å²) in [6, 6.07) is 36.7. The third kappa shape index (κ3) is 5.31. The van der Waals surface area contributed by atoms with Crippen LogP contribution in [0.4, 0.5) is 11.4 Å². The van der Waals surface area contributed by atoms with Gasteiger partial charge in [-0.15, -0.1) is 0 Å². The highest BCUT2D eigenvalue weighted by Gasteiger charge is 2.34. The Bertz CT molecular complexity index is 1970. The quantitative estimate of drug-likeness (QED) is 0.178. The molecule has 2 aromatic heterocycles. The van der Waals surface area contributed by atoms with Crippen LogP contribution < -0.4 is 4.74 Å². The van der Waals surface area contributed by atoms with Crippen LogP contribution in [0.1, 0.15) is 48.7 Å². The number of aromatic nitrogens is 4. The van der Waals surface area contributed by atoms with Crippen molar-refractivity contribution in [1.29, 1.82) is 0 Å². The van der Waals surface area contributed by atoms with E-state index < -0.39 is 5.92 Å². The molecule has 1 aliphatic rings. The summed E-state index contributed by atoms with van der Waals surface area (Å²) in [6.45, 7) is 4.69. The van der Waals surface area contributed by atoms with Crippen LogP contribution in [0.2, 0.25) is 0 Å². The van der Waals surface area contributed by atoms with Crippen LogP contribution in [0.25, 0.3) is 22.4 Å². The summed E-state index contributed by atoms with van der Waals surface area (Å²) in [5.74, 6) is 0.900. The van der Waals surface area contributed by atoms with Crippen molar-refractivity contribution in [3.63, 3.8) is 0 Å². The highest BCUT2D eigenvalue weighted by Crippen LogP contribution is 2.41. The predicted molar refractivity (Wildman–Crippen MR) is 181 cm³/mol. The molecule has 45 heavy (non-hydrogen) atoms. The molecule has 4 aromatic carbocycles. The molecule has 0 spiro atoms. The molecule has 7 nitrogen and oxygen atoms in total. The Balaban J connectivity index is 1.60. The lowest BCUT2D eigenvalue weighted by Crippen LogP contribution is -2.25. The van der Waals surface area contributed by atoms with E-state index in [1.165, 1.54) is 0 Å². The molecule has 0 saturated carbocycles. The van der Waals surface area contributed by atoms with Gasteiger partial charge in [0.05, 0.1) is 52.3 Å². The second kappa shape index (κ2) is 12.3. The molecule has 0 atom stereocenters. The fraction of sp³-hybridized carbons (Fsp3) is 0.184. The number of hydrogen-bond acceptors (Lipinski definition) is 6. The minimum Gasteiger partial charge on any atom is -0.493 e. The van der Waals surface area contributed by atoms with Gasteiger partial charge in [0.2, 0.25) is 0 Å². The van der Waals surface area contributed by atoms with Crippen LogP contribution in [0, 0.1) is 0 Å². The van der Waals surface area contributed by atoms with Crippen molar-refractivity contribution >= 4 is 33.8 Å². The van der Waals surface area contributed by atoms with E-state index in [0.717, 1.165) is 80.5 Å². The average molecular weight is 591 g/mol. The summed E-state index contributed by atoms with van der Waals surface area (Å²) in [7, 11) is 1.98. The van der Waals surface area contributed by atoms with Crippen molar-refractivity contribution in [2.45, 2.75) is 32.6 Å². The molecule has 0 amide bonds. The Morgan fingerprint density at radius 2 is 1.27 bits per heavy atom. The number of aryl methyl sites for hydroxylation is 2. The monoisotopic (exact) mass is 590 g/mol. The van der Waals surface area contributed by atoms with Crippen LogP contribution in [0.3, 0.4) is 0 Å². The molecule has 222 valence electrons. The summed E-state index contributed by atoms with van der Waals surface area (Å²) < 4.78 is 7.99. The molecule has 0 unspecified atom stereocenters. The molecule has 0 N–H and O–H groups in total. The Kier molecular flexibility index (Phi) is 7.74. The van der Waals surface area contributed by atoms with Crippen LogP contribution in [0.5, 0.6) is 5.75 Å². The number of hydrogen-bond donors (Lipinski definition) is 0. The Morgan fingerprint density at radius 1 is 0.689 bits per heavy atom. The van der Waals surface area contributed by atoms with Gasteiger partial charge in [0.25, 0.3) is 0 Å². The first-order valence-electron chi connectivity index (χ1n) is 15.5. The smallest absolute Gasteiger partial charge is 0.164 e. The van der Waals surface area contributed by atoms with Crippen LogP contribution in [0.15, 0.2) is 119 Å². The molecule has 0 bridgehead atoms. The summed E-state index contributed by atoms with van der Waals surface area (Å²) in [5.41, 5.74) is 9.67. The maximum Gasteiger partial charge on any atom is 0.164 e. The molecule has 0 radical (unpaired) electrons. The van der Waals surface area contributed by atoms with Gasteiger partial charge < -0.3 is 4.74 Å². The SMILES string of the molecule is CCCc1nn(C)c2c(C3C(c4ccccc4)=Nc4ccccc4N=C3c3ccccc3)nc(-c3ccccc3OCC)nc12. The summed E-state index contributed by atoms with van der Waals surface area (Å²) in [5, 5.41) is 4.99. The Labute approximate surface area is 263 Å². The number of rotatable bonds is 8. The van der Waals surface area contributed by atoms with E-state index in [1.54, 1.807) is 0 Å². The van der Waals surface area contributed by atoms with Gasteiger partial charge in [-0.25, -0.2) is 20.0 Å². The highest BCUT2D eigenvalue weighted by molar-refractivity contribution is 6.26. The number of aliphatic imine (C=N–C) groups is 2. The number of fused-ring (bicyclic) bond motifs is 2. The second-order valence-corrected chi connectivity index (χ2v) is 11.0. The van der Waals surface area contributed by atoms with Crippen molar-refractivity contribution in [1.82, 2.24) is 19.7 Å². The Hall–Kier alpha value is -5.43. The van der Waals surface area contributed by atoms with Gasteiger partial charge in [-0.2, -0.15) is 5.10 Å². The molecule has 0 fully saturated rings. The lowest BCUT2D eigenvalue weighted by atomic mass is 9.85. The van der Waals surface area contributed by atoms with Gasteiger partial charge in [0, 0.05) is 7.05 Å². The van der Waals surface area contributed by atoms with Crippen molar-refractivity contribution in [3.8, 4) is 17.1 Å². The number of nitrogens with zero attached hydrogens (tertiary/aromatic N) is 6. The zero-order valence-corrected chi connectivity index (χ0v) is 25.7. The van der Waals surface area contributed by atoms with Crippen molar-refractivity contribution in [2.75, 3.05) is 6.61 Å². The molecular weight excluding hydrogens is 556 g/mol. The van der Waals surface area contributed by atoms with Crippen molar-refractivity contribution in [2.24, 2.45) is 17.0 Å². The molecule has 7 rings (SSSR count). The minimum atomic E-state index is -0.435. The zero-order chi connectivity index (χ0) is 30.8. The van der Waals surface area contributed by atoms with E-state index in [0.29, 0.717) is 12.4 Å². The predicted octanol–water partition coefficient (Wildman–Crippen LogP) is 8.42. The average Bonchev–Trinajstić information content (AvgIpc) is 3.29. The highest BCUT2D eigenvalue weighted by atomic mass is 16.5. The summed E-state index contributed by atoms with van der Waals surface area (Å²) in [6.07, 6.45) is 1.75. The number of benzene rings is 4. The zero-order valence-electron chi connectivity index (χ0n) is 25.7. The molecular formula is C38H34N6O. The van der Waals surface area contributed by atoms with E-state index in [2.05, 4.69) is 31.2 Å². The minimum absolute atomic E-state index is 0.435. The van der Waals surface area contributed by atoms with E-state index >= 15 is 0 Å². The maximum atomic E-state index is 6.07. The lowest BCUT2D eigenvalue weighted by Gasteiger charge is -2.22. The van der Waals surface area contributed by atoms with Gasteiger partial charge in [0.1, 0.15) is 16.8 Å². The number of ether oxygens (including phenoxy) is 1. The first kappa shape index (κ1) is 28.3. The molecule has 0 aliphatic carbocycles. The number of para-hydroxylation sites is 3. The topological polar surface area (TPSA) is 77.5 Å². The van der Waals surface area contributed by atoms with Gasteiger partial charge in [-0.3, -0.25) is 4.68 Å². The Morgan fingerprint density at radius 3 is 1.87 bits per heavy atom. The third-order valence-corrected chi connectivity index (χ3v) is 8.02. The first-order chi connectivity index (χ1) is 22.2. The third-order valence-electron chi connectivity index (χ3n) is 8.02. The van der Waals surface area contributed by atoms with Crippen molar-refractivity contribution in [3.05, 3.63) is 132 Å². The van der Waals surface area contributed by atoms with Gasteiger partial charge in [0.15, 0.2) is 5.82 Å². The van der Waals surface area contributed by atoms with E-state index in [-0.39, 0.29) is 0 Å². The van der Waals surface area contributed by atoms with Crippen LogP contribution in [-0.4, -0.2) is 37.8 Å². The van der Waals surface area contributed by atoms with Crippen LogP contribution >= 0.6 is 0 Å². The molecule has 1 aliphatic heterocycles. The molecule has 3 heterocycles. The second-order valence-electron chi connectivity index (χ2n) is 11.0. The maximum absolute atomic E-state index is 6.07. The van der Waals surface area contributed by atoms with E-state index in [4.69, 9.17) is 29.8 Å². The van der Waals surface area contributed by atoms with E-state index in [1.807, 2.05) is 104 Å². The van der Waals surface area contributed by atoms with Gasteiger partial charge >= 0.3 is 0 Å². The van der Waals surface area contributed by atoms with Gasteiger partial charge in [-0.05, 0) is 48.7 Å². The summed E-state index contributed by atoms with van der Waals surface area (Å²) >= 11 is 0. The molecule has 0 saturated heterocycles. The van der Waals surface area contributed by atoms with E-state index in [9.17, 15) is 0 Å². The normalized spacial score (nSPS) is 13.2. The van der Waals surface area contributed by atoms with Crippen LogP contribution in [-0.2, 0) is 13.5 Å². The fourth-order valence-electron chi connectivity index (χ4n) is 6.04. The van der Waals surface area contributed by atoms with Crippen molar-refractivity contribution < 1.29 is 4.74 Å².